The number of hydrogen-bond donors (Lipinski definition) is 1. The second-order valence-corrected chi connectivity index (χ2v) is 8.07. The number of aryl methyl sites for hydroxylation is 2. The zero-order valence-electron chi connectivity index (χ0n) is 18.7. The molecule has 0 spiro atoms. The van der Waals surface area contributed by atoms with Crippen molar-refractivity contribution in [1.29, 1.82) is 0 Å². The van der Waals surface area contributed by atoms with Crippen LogP contribution in [0.25, 0.3) is 22.2 Å². The van der Waals surface area contributed by atoms with Crippen LogP contribution in [0.4, 0.5) is 10.3 Å². The number of fused-ring (bicyclic) bond motifs is 1. The summed E-state index contributed by atoms with van der Waals surface area (Å²) in [6, 6.07) is 16.7. The zero-order chi connectivity index (χ0) is 23.7. The molecule has 170 valence electrons. The number of amides is 1. The molecule has 0 aliphatic rings. The number of pyridine rings is 1. The van der Waals surface area contributed by atoms with Crippen molar-refractivity contribution >= 4 is 22.9 Å². The summed E-state index contributed by atoms with van der Waals surface area (Å²) in [5.74, 6) is -0.513. The number of halogens is 1. The number of nitrogens with one attached hydrogen (secondary N) is 1. The first-order valence-corrected chi connectivity index (χ1v) is 10.8. The molecule has 0 unspecified atom stereocenters. The van der Waals surface area contributed by atoms with E-state index in [9.17, 15) is 9.18 Å². The van der Waals surface area contributed by atoms with Gasteiger partial charge in [0, 0.05) is 17.1 Å². The first kappa shape index (κ1) is 21.4. The molecule has 1 amide bonds. The van der Waals surface area contributed by atoms with Gasteiger partial charge in [0.2, 0.25) is 11.9 Å². The standard InChI is InChI=1S/C25H22FN7O/c1-16-7-9-18(10-8-16)20-11-12-27-24-23(20)17(2)30-33(24)14-22(34)29-25-28-15-32(31-25)13-19-5-3-4-6-21(19)26/h3-12,15H,13-14H2,1-2H3,(H,29,31,34). The van der Waals surface area contributed by atoms with Crippen LogP contribution < -0.4 is 5.32 Å². The third-order valence-corrected chi connectivity index (χ3v) is 5.54. The molecule has 3 heterocycles. The SMILES string of the molecule is Cc1ccc(-c2ccnc3c2c(C)nn3CC(=O)Nc2ncn(Cc3ccccc3F)n2)cc1. The minimum Gasteiger partial charge on any atom is -0.292 e. The van der Waals surface area contributed by atoms with Crippen LogP contribution >= 0.6 is 0 Å². The highest BCUT2D eigenvalue weighted by molar-refractivity contribution is 5.96. The minimum absolute atomic E-state index is 0.0451. The van der Waals surface area contributed by atoms with Crippen LogP contribution in [0.2, 0.25) is 0 Å². The van der Waals surface area contributed by atoms with Crippen LogP contribution in [0, 0.1) is 19.7 Å². The molecule has 3 aromatic heterocycles. The number of nitrogens with zero attached hydrogens (tertiary/aromatic N) is 6. The largest absolute Gasteiger partial charge is 0.292 e. The van der Waals surface area contributed by atoms with E-state index in [-0.39, 0.29) is 30.8 Å². The van der Waals surface area contributed by atoms with Crippen LogP contribution in [0.1, 0.15) is 16.8 Å². The molecule has 0 radical (unpaired) electrons. The lowest BCUT2D eigenvalue weighted by molar-refractivity contribution is -0.116. The Hall–Kier alpha value is -4.40. The summed E-state index contributed by atoms with van der Waals surface area (Å²) in [6.07, 6.45) is 3.17. The fourth-order valence-corrected chi connectivity index (χ4v) is 3.89. The fraction of sp³-hybridized carbons (Fsp3) is 0.160. The topological polar surface area (TPSA) is 90.5 Å². The summed E-state index contributed by atoms with van der Waals surface area (Å²) in [6.45, 7) is 4.12. The predicted molar refractivity (Wildman–Crippen MR) is 127 cm³/mol. The molecule has 5 aromatic rings. The molecule has 0 aliphatic heterocycles. The van der Waals surface area contributed by atoms with E-state index < -0.39 is 0 Å². The molecule has 34 heavy (non-hydrogen) atoms. The fourth-order valence-electron chi connectivity index (χ4n) is 3.89. The predicted octanol–water partition coefficient (Wildman–Crippen LogP) is 4.13. The van der Waals surface area contributed by atoms with E-state index >= 15 is 0 Å². The summed E-state index contributed by atoms with van der Waals surface area (Å²) in [7, 11) is 0. The lowest BCUT2D eigenvalue weighted by Crippen LogP contribution is -2.20. The van der Waals surface area contributed by atoms with Gasteiger partial charge in [-0.3, -0.25) is 10.1 Å². The number of carbonyl (C=O) groups excluding carboxylic acids is 1. The van der Waals surface area contributed by atoms with Crippen LogP contribution in [0.15, 0.2) is 67.1 Å². The molecule has 5 rings (SSSR count). The minimum atomic E-state index is -0.337. The summed E-state index contributed by atoms with van der Waals surface area (Å²) in [5.41, 5.74) is 5.17. The average Bonchev–Trinajstić information content (AvgIpc) is 3.39. The Kier molecular flexibility index (Phi) is 5.59. The summed E-state index contributed by atoms with van der Waals surface area (Å²) < 4.78 is 16.9. The summed E-state index contributed by atoms with van der Waals surface area (Å²) in [4.78, 5) is 21.3. The van der Waals surface area contributed by atoms with E-state index in [0.717, 1.165) is 22.2 Å². The van der Waals surface area contributed by atoms with E-state index in [1.165, 1.54) is 22.6 Å². The van der Waals surface area contributed by atoms with Crippen LogP contribution in [-0.4, -0.2) is 35.4 Å². The summed E-state index contributed by atoms with van der Waals surface area (Å²) in [5, 5.41) is 12.4. The molecule has 0 saturated carbocycles. The highest BCUT2D eigenvalue weighted by Crippen LogP contribution is 2.30. The Bertz CT molecular complexity index is 1490. The smallest absolute Gasteiger partial charge is 0.248 e. The molecule has 0 bridgehead atoms. The van der Waals surface area contributed by atoms with Crippen molar-refractivity contribution in [3.05, 3.63) is 89.8 Å². The third kappa shape index (κ3) is 4.27. The Balaban J connectivity index is 1.34. The quantitative estimate of drug-likeness (QED) is 0.416. The van der Waals surface area contributed by atoms with Gasteiger partial charge in [0.1, 0.15) is 18.7 Å². The van der Waals surface area contributed by atoms with Gasteiger partial charge in [-0.15, -0.1) is 5.10 Å². The van der Waals surface area contributed by atoms with Crippen molar-refractivity contribution in [1.82, 2.24) is 29.5 Å². The Morgan fingerprint density at radius 1 is 1.00 bits per heavy atom. The number of anilines is 1. The number of rotatable bonds is 6. The number of benzene rings is 2. The Morgan fingerprint density at radius 3 is 2.59 bits per heavy atom. The molecular weight excluding hydrogens is 433 g/mol. The van der Waals surface area contributed by atoms with Gasteiger partial charge in [0.05, 0.1) is 12.2 Å². The molecule has 1 N–H and O–H groups in total. The maximum Gasteiger partial charge on any atom is 0.248 e. The number of carbonyl (C=O) groups is 1. The second kappa shape index (κ2) is 8.86. The van der Waals surface area contributed by atoms with Crippen LogP contribution in [-0.2, 0) is 17.9 Å². The highest BCUT2D eigenvalue weighted by Gasteiger charge is 2.17. The molecule has 0 fully saturated rings. The van der Waals surface area contributed by atoms with E-state index in [2.05, 4.69) is 49.7 Å². The van der Waals surface area contributed by atoms with E-state index in [4.69, 9.17) is 0 Å². The van der Waals surface area contributed by atoms with E-state index in [0.29, 0.717) is 11.2 Å². The number of hydrogen-bond acceptors (Lipinski definition) is 5. The van der Waals surface area contributed by atoms with Gasteiger partial charge in [-0.25, -0.2) is 23.7 Å². The van der Waals surface area contributed by atoms with Crippen molar-refractivity contribution in [2.24, 2.45) is 0 Å². The van der Waals surface area contributed by atoms with Crippen molar-refractivity contribution < 1.29 is 9.18 Å². The molecule has 9 heteroatoms. The van der Waals surface area contributed by atoms with Crippen molar-refractivity contribution in [2.75, 3.05) is 5.32 Å². The van der Waals surface area contributed by atoms with Crippen LogP contribution in [0.3, 0.4) is 0 Å². The average molecular weight is 455 g/mol. The first-order valence-electron chi connectivity index (χ1n) is 10.8. The van der Waals surface area contributed by atoms with Gasteiger partial charge in [-0.1, -0.05) is 48.0 Å². The molecule has 0 aliphatic carbocycles. The zero-order valence-corrected chi connectivity index (χ0v) is 18.7. The van der Waals surface area contributed by atoms with Gasteiger partial charge in [-0.05, 0) is 37.1 Å². The molecule has 0 atom stereocenters. The normalized spacial score (nSPS) is 11.1. The summed E-state index contributed by atoms with van der Waals surface area (Å²) >= 11 is 0. The Morgan fingerprint density at radius 2 is 1.79 bits per heavy atom. The maximum atomic E-state index is 13.9. The van der Waals surface area contributed by atoms with E-state index in [1.807, 2.05) is 19.9 Å². The third-order valence-electron chi connectivity index (χ3n) is 5.54. The van der Waals surface area contributed by atoms with Crippen molar-refractivity contribution in [3.8, 4) is 11.1 Å². The first-order chi connectivity index (χ1) is 16.5. The Labute approximate surface area is 195 Å². The van der Waals surface area contributed by atoms with Gasteiger partial charge < -0.3 is 0 Å². The number of aromatic nitrogens is 6. The van der Waals surface area contributed by atoms with Gasteiger partial charge in [0.25, 0.3) is 0 Å². The molecule has 0 saturated heterocycles. The van der Waals surface area contributed by atoms with E-state index in [1.54, 1.807) is 29.1 Å². The van der Waals surface area contributed by atoms with Crippen LogP contribution in [0.5, 0.6) is 0 Å². The molecule has 8 nitrogen and oxygen atoms in total. The lowest BCUT2D eigenvalue weighted by Gasteiger charge is -2.06. The molecular formula is C25H22FN7O. The van der Waals surface area contributed by atoms with Crippen molar-refractivity contribution in [2.45, 2.75) is 26.9 Å². The second-order valence-electron chi connectivity index (χ2n) is 8.07. The van der Waals surface area contributed by atoms with Gasteiger partial charge >= 0.3 is 0 Å². The van der Waals surface area contributed by atoms with Crippen molar-refractivity contribution in [3.63, 3.8) is 0 Å². The maximum absolute atomic E-state index is 13.9. The van der Waals surface area contributed by atoms with Gasteiger partial charge in [0.15, 0.2) is 5.65 Å². The monoisotopic (exact) mass is 455 g/mol. The van der Waals surface area contributed by atoms with Gasteiger partial charge in [-0.2, -0.15) is 5.10 Å². The molecule has 2 aromatic carbocycles. The highest BCUT2D eigenvalue weighted by atomic mass is 19.1. The lowest BCUT2D eigenvalue weighted by atomic mass is 10.0.